The lowest BCUT2D eigenvalue weighted by molar-refractivity contribution is -0.122. The van der Waals surface area contributed by atoms with E-state index in [4.69, 9.17) is 27.6 Å². The normalized spacial score (nSPS) is 16.3. The SMILES string of the molecule is CCCCN1C(=O)S/C(=C\c2ccc(-c3ccc(Cl)c(Cl)c3)o2)C1=O. The highest BCUT2D eigenvalue weighted by atomic mass is 35.5. The molecular formula is C18H15Cl2NO3S. The van der Waals surface area contributed by atoms with Crippen LogP contribution < -0.4 is 0 Å². The fourth-order valence-corrected chi connectivity index (χ4v) is 3.52. The summed E-state index contributed by atoms with van der Waals surface area (Å²) in [4.78, 5) is 25.9. The topological polar surface area (TPSA) is 50.5 Å². The number of unbranched alkanes of at least 4 members (excludes halogenated alkanes) is 1. The average Bonchev–Trinajstić information content (AvgIpc) is 3.15. The second-order valence-corrected chi connectivity index (χ2v) is 7.33. The summed E-state index contributed by atoms with van der Waals surface area (Å²) < 4.78 is 5.75. The van der Waals surface area contributed by atoms with E-state index in [0.29, 0.717) is 33.0 Å². The van der Waals surface area contributed by atoms with Crippen LogP contribution in [0.25, 0.3) is 17.4 Å². The van der Waals surface area contributed by atoms with Crippen molar-refractivity contribution in [2.45, 2.75) is 19.8 Å². The number of furan rings is 1. The van der Waals surface area contributed by atoms with Gasteiger partial charge in [-0.25, -0.2) is 0 Å². The first-order chi connectivity index (χ1) is 12.0. The quantitative estimate of drug-likeness (QED) is 0.574. The minimum atomic E-state index is -0.268. The summed E-state index contributed by atoms with van der Waals surface area (Å²) in [7, 11) is 0. The number of carbonyl (C=O) groups is 2. The number of imide groups is 1. The molecule has 0 saturated carbocycles. The number of hydrogen-bond donors (Lipinski definition) is 0. The molecule has 25 heavy (non-hydrogen) atoms. The third kappa shape index (κ3) is 3.94. The predicted octanol–water partition coefficient (Wildman–Crippen LogP) is 6.09. The van der Waals surface area contributed by atoms with Gasteiger partial charge in [-0.2, -0.15) is 0 Å². The van der Waals surface area contributed by atoms with Crippen LogP contribution in [-0.4, -0.2) is 22.6 Å². The summed E-state index contributed by atoms with van der Waals surface area (Å²) in [6, 6.07) is 8.74. The van der Waals surface area contributed by atoms with Crippen LogP contribution in [-0.2, 0) is 4.79 Å². The zero-order valence-corrected chi connectivity index (χ0v) is 15.7. The second kappa shape index (κ2) is 7.68. The summed E-state index contributed by atoms with van der Waals surface area (Å²) in [5.41, 5.74) is 0.783. The summed E-state index contributed by atoms with van der Waals surface area (Å²) in [6.45, 7) is 2.47. The maximum absolute atomic E-state index is 12.3. The van der Waals surface area contributed by atoms with E-state index in [1.165, 1.54) is 4.90 Å². The van der Waals surface area contributed by atoms with Gasteiger partial charge in [0.1, 0.15) is 11.5 Å². The van der Waals surface area contributed by atoms with E-state index < -0.39 is 0 Å². The first-order valence-electron chi connectivity index (χ1n) is 7.80. The van der Waals surface area contributed by atoms with Gasteiger partial charge >= 0.3 is 0 Å². The Bertz CT molecular complexity index is 860. The highest BCUT2D eigenvalue weighted by molar-refractivity contribution is 8.18. The first-order valence-corrected chi connectivity index (χ1v) is 9.37. The maximum Gasteiger partial charge on any atom is 0.293 e. The predicted molar refractivity (Wildman–Crippen MR) is 102 cm³/mol. The molecule has 130 valence electrons. The number of carbonyl (C=O) groups excluding carboxylic acids is 2. The lowest BCUT2D eigenvalue weighted by Gasteiger charge is -2.10. The molecule has 0 unspecified atom stereocenters. The summed E-state index contributed by atoms with van der Waals surface area (Å²) in [6.07, 6.45) is 3.32. The van der Waals surface area contributed by atoms with Gasteiger partial charge in [0.15, 0.2) is 0 Å². The van der Waals surface area contributed by atoms with Crippen molar-refractivity contribution in [3.05, 3.63) is 51.0 Å². The molecule has 0 bridgehead atoms. The molecular weight excluding hydrogens is 381 g/mol. The van der Waals surface area contributed by atoms with Gasteiger partial charge in [-0.3, -0.25) is 14.5 Å². The standard InChI is InChI=1S/C18H15Cl2NO3S/c1-2-3-8-21-17(22)16(25-18(21)23)10-12-5-7-15(24-12)11-4-6-13(19)14(20)9-11/h4-7,9-10H,2-3,8H2,1H3/b16-10-. The van der Waals surface area contributed by atoms with Crippen LogP contribution in [0.1, 0.15) is 25.5 Å². The Kier molecular flexibility index (Phi) is 5.57. The molecule has 3 rings (SSSR count). The molecule has 7 heteroatoms. The highest BCUT2D eigenvalue weighted by Gasteiger charge is 2.34. The van der Waals surface area contributed by atoms with Crippen molar-refractivity contribution in [2.24, 2.45) is 0 Å². The molecule has 2 aromatic rings. The number of benzene rings is 1. The van der Waals surface area contributed by atoms with Crippen molar-refractivity contribution in [1.82, 2.24) is 4.90 Å². The van der Waals surface area contributed by atoms with Gasteiger partial charge in [0, 0.05) is 18.2 Å². The Morgan fingerprint density at radius 1 is 1.16 bits per heavy atom. The van der Waals surface area contributed by atoms with E-state index >= 15 is 0 Å². The summed E-state index contributed by atoms with van der Waals surface area (Å²) >= 11 is 12.9. The first kappa shape index (κ1) is 18.1. The van der Waals surface area contributed by atoms with Crippen molar-refractivity contribution in [3.63, 3.8) is 0 Å². The Hall–Kier alpha value is -1.69. The molecule has 1 fully saturated rings. The number of thioether (sulfide) groups is 1. The van der Waals surface area contributed by atoms with E-state index in [1.807, 2.05) is 6.92 Å². The van der Waals surface area contributed by atoms with Crippen LogP contribution >= 0.6 is 35.0 Å². The molecule has 1 aromatic heterocycles. The van der Waals surface area contributed by atoms with Gasteiger partial charge in [-0.1, -0.05) is 36.5 Å². The number of hydrogen-bond acceptors (Lipinski definition) is 4. The van der Waals surface area contributed by atoms with Crippen LogP contribution in [0, 0.1) is 0 Å². The van der Waals surface area contributed by atoms with Gasteiger partial charge < -0.3 is 4.42 Å². The molecule has 4 nitrogen and oxygen atoms in total. The molecule has 0 N–H and O–H groups in total. The minimum absolute atomic E-state index is 0.235. The average molecular weight is 396 g/mol. The Morgan fingerprint density at radius 2 is 1.96 bits per heavy atom. The van der Waals surface area contributed by atoms with Crippen molar-refractivity contribution in [3.8, 4) is 11.3 Å². The van der Waals surface area contributed by atoms with Crippen LogP contribution in [0.5, 0.6) is 0 Å². The Labute approximate surface area is 159 Å². The van der Waals surface area contributed by atoms with Gasteiger partial charge in [0.25, 0.3) is 11.1 Å². The van der Waals surface area contributed by atoms with Crippen LogP contribution in [0.4, 0.5) is 4.79 Å². The van der Waals surface area contributed by atoms with Gasteiger partial charge in [-0.05, 0) is 48.5 Å². The van der Waals surface area contributed by atoms with Crippen molar-refractivity contribution in [2.75, 3.05) is 6.54 Å². The number of nitrogens with zero attached hydrogens (tertiary/aromatic N) is 1. The smallest absolute Gasteiger partial charge is 0.293 e. The fourth-order valence-electron chi connectivity index (χ4n) is 2.37. The van der Waals surface area contributed by atoms with E-state index in [9.17, 15) is 9.59 Å². The zero-order valence-electron chi connectivity index (χ0n) is 13.4. The molecule has 1 aliphatic rings. The maximum atomic E-state index is 12.3. The lowest BCUT2D eigenvalue weighted by Crippen LogP contribution is -2.29. The van der Waals surface area contributed by atoms with Crippen molar-refractivity contribution >= 4 is 52.2 Å². The van der Waals surface area contributed by atoms with E-state index in [2.05, 4.69) is 0 Å². The molecule has 2 heterocycles. The minimum Gasteiger partial charge on any atom is -0.457 e. The molecule has 2 amide bonds. The van der Waals surface area contributed by atoms with Crippen LogP contribution in [0.15, 0.2) is 39.7 Å². The number of halogens is 2. The molecule has 0 spiro atoms. The Morgan fingerprint density at radius 3 is 2.68 bits per heavy atom. The largest absolute Gasteiger partial charge is 0.457 e. The van der Waals surface area contributed by atoms with E-state index in [1.54, 1.807) is 36.4 Å². The molecule has 0 radical (unpaired) electrons. The number of rotatable bonds is 5. The zero-order chi connectivity index (χ0) is 18.0. The van der Waals surface area contributed by atoms with Gasteiger partial charge in [0.05, 0.1) is 15.0 Å². The van der Waals surface area contributed by atoms with Crippen LogP contribution in [0.3, 0.4) is 0 Å². The van der Waals surface area contributed by atoms with Crippen molar-refractivity contribution < 1.29 is 14.0 Å². The lowest BCUT2D eigenvalue weighted by atomic mass is 10.2. The molecule has 0 aliphatic carbocycles. The third-order valence-corrected chi connectivity index (χ3v) is 5.36. The van der Waals surface area contributed by atoms with Crippen molar-refractivity contribution in [1.29, 1.82) is 0 Å². The third-order valence-electron chi connectivity index (χ3n) is 3.71. The monoisotopic (exact) mass is 395 g/mol. The van der Waals surface area contributed by atoms with Gasteiger partial charge in [0.2, 0.25) is 0 Å². The van der Waals surface area contributed by atoms with E-state index in [0.717, 1.165) is 30.2 Å². The second-order valence-electron chi connectivity index (χ2n) is 5.52. The summed E-state index contributed by atoms with van der Waals surface area (Å²) in [5, 5.41) is 0.674. The molecule has 0 atom stereocenters. The molecule has 1 aromatic carbocycles. The molecule has 1 saturated heterocycles. The molecule has 1 aliphatic heterocycles. The summed E-state index contributed by atoms with van der Waals surface area (Å²) in [5.74, 6) is 0.841. The number of amides is 2. The van der Waals surface area contributed by atoms with E-state index in [-0.39, 0.29) is 11.1 Å². The van der Waals surface area contributed by atoms with Crippen LogP contribution in [0.2, 0.25) is 10.0 Å². The Balaban J connectivity index is 1.81. The van der Waals surface area contributed by atoms with Gasteiger partial charge in [-0.15, -0.1) is 0 Å². The fraction of sp³-hybridized carbons (Fsp3) is 0.222. The highest BCUT2D eigenvalue weighted by Crippen LogP contribution is 2.34.